The van der Waals surface area contributed by atoms with Gasteiger partial charge in [0.15, 0.2) is 5.11 Å². The maximum atomic E-state index is 12.2. The van der Waals surface area contributed by atoms with Gasteiger partial charge in [-0.15, -0.1) is 0 Å². The zero-order valence-electron chi connectivity index (χ0n) is 17.1. The summed E-state index contributed by atoms with van der Waals surface area (Å²) < 4.78 is 6.81. The highest BCUT2D eigenvalue weighted by atomic mass is 32.1. The second kappa shape index (κ2) is 9.00. The number of piperidine rings is 1. The van der Waals surface area contributed by atoms with Gasteiger partial charge in [0, 0.05) is 49.8 Å². The molecule has 3 atom stereocenters. The monoisotopic (exact) mass is 425 g/mol. The minimum Gasteiger partial charge on any atom is -0.469 e. The number of aromatic nitrogens is 1. The van der Waals surface area contributed by atoms with Crippen LogP contribution >= 0.6 is 12.2 Å². The van der Waals surface area contributed by atoms with Gasteiger partial charge in [0.1, 0.15) is 0 Å². The summed E-state index contributed by atoms with van der Waals surface area (Å²) in [6, 6.07) is 15.5. The molecule has 1 saturated heterocycles. The van der Waals surface area contributed by atoms with E-state index < -0.39 is 0 Å². The number of thiocarbonyl (C=S) groups is 1. The van der Waals surface area contributed by atoms with Crippen molar-refractivity contribution in [1.29, 1.82) is 0 Å². The van der Waals surface area contributed by atoms with Crippen molar-refractivity contribution in [2.45, 2.75) is 31.2 Å². The van der Waals surface area contributed by atoms with E-state index in [4.69, 9.17) is 17.0 Å². The minimum atomic E-state index is -0.230. The summed E-state index contributed by atoms with van der Waals surface area (Å²) in [4.78, 5) is 26.3. The summed E-state index contributed by atoms with van der Waals surface area (Å²) in [6.07, 6.45) is 1.40. The highest BCUT2D eigenvalue weighted by Gasteiger charge is 2.35. The Morgan fingerprint density at radius 1 is 1.17 bits per heavy atom. The van der Waals surface area contributed by atoms with Crippen molar-refractivity contribution in [3.63, 3.8) is 0 Å². The minimum absolute atomic E-state index is 0.0137. The third-order valence-electron chi connectivity index (χ3n) is 6.18. The molecule has 0 amide bonds. The molecule has 3 heterocycles. The van der Waals surface area contributed by atoms with Gasteiger partial charge in [0.05, 0.1) is 13.5 Å². The first kappa shape index (κ1) is 20.6. The Morgan fingerprint density at radius 3 is 2.73 bits per heavy atom. The number of ether oxygens (including phenoxy) is 1. The van der Waals surface area contributed by atoms with Gasteiger partial charge in [-0.05, 0) is 36.2 Å². The standard InChI is InChI=1S/C23H27N3O3S/c1-29-22(28)11-18(17-6-3-2-4-7-17)12-24-23(30)25-13-16-10-19(15-25)20-8-5-9-21(27)26(20)14-16/h2-9,16,18-19H,10-15H2,1H3,(H,24,30)/t16-,18?,19-/m0/s1. The fraction of sp³-hybridized carbons (Fsp3) is 0.435. The van der Waals surface area contributed by atoms with Crippen LogP contribution in [0, 0.1) is 5.92 Å². The van der Waals surface area contributed by atoms with Crippen molar-refractivity contribution < 1.29 is 9.53 Å². The Morgan fingerprint density at radius 2 is 1.97 bits per heavy atom. The Kier molecular flexibility index (Phi) is 6.18. The molecule has 0 radical (unpaired) electrons. The van der Waals surface area contributed by atoms with Crippen LogP contribution in [0.2, 0.25) is 0 Å². The average Bonchev–Trinajstić information content (AvgIpc) is 2.77. The van der Waals surface area contributed by atoms with E-state index in [1.54, 1.807) is 6.07 Å². The summed E-state index contributed by atoms with van der Waals surface area (Å²) in [5.41, 5.74) is 2.28. The lowest BCUT2D eigenvalue weighted by atomic mass is 9.83. The largest absolute Gasteiger partial charge is 0.469 e. The number of likely N-dealkylation sites (tertiary alicyclic amines) is 1. The van der Waals surface area contributed by atoms with Crippen LogP contribution in [0.1, 0.15) is 35.9 Å². The lowest BCUT2D eigenvalue weighted by molar-refractivity contribution is -0.141. The molecular formula is C23H27N3O3S. The molecule has 1 fully saturated rings. The van der Waals surface area contributed by atoms with Gasteiger partial charge in [-0.3, -0.25) is 9.59 Å². The zero-order chi connectivity index (χ0) is 21.1. The Labute approximate surface area is 181 Å². The number of hydrogen-bond donors (Lipinski definition) is 1. The number of esters is 1. The molecule has 0 spiro atoms. The quantitative estimate of drug-likeness (QED) is 0.587. The molecule has 0 saturated carbocycles. The number of benzene rings is 1. The summed E-state index contributed by atoms with van der Waals surface area (Å²) >= 11 is 5.72. The molecule has 0 aliphatic carbocycles. The SMILES string of the molecule is COC(=O)CC(CNC(=S)N1C[C@@H]2C[C@@H](C1)c1cccc(=O)n1C2)c1ccccc1. The van der Waals surface area contributed by atoms with Crippen molar-refractivity contribution >= 4 is 23.3 Å². The molecule has 7 heteroatoms. The number of nitrogens with one attached hydrogen (secondary N) is 1. The normalized spacial score (nSPS) is 20.8. The van der Waals surface area contributed by atoms with Gasteiger partial charge in [0.2, 0.25) is 0 Å². The van der Waals surface area contributed by atoms with E-state index in [0.29, 0.717) is 29.9 Å². The number of hydrogen-bond acceptors (Lipinski definition) is 4. The van der Waals surface area contributed by atoms with E-state index in [2.05, 4.69) is 16.3 Å². The van der Waals surface area contributed by atoms with Crippen LogP contribution in [-0.2, 0) is 16.1 Å². The van der Waals surface area contributed by atoms with Crippen LogP contribution in [0.3, 0.4) is 0 Å². The van der Waals surface area contributed by atoms with E-state index in [1.807, 2.05) is 41.0 Å². The van der Waals surface area contributed by atoms with E-state index in [9.17, 15) is 9.59 Å². The maximum absolute atomic E-state index is 12.2. The van der Waals surface area contributed by atoms with Gasteiger partial charge in [-0.25, -0.2) is 0 Å². The summed E-state index contributed by atoms with van der Waals surface area (Å²) in [5, 5.41) is 4.10. The molecule has 1 N–H and O–H groups in total. The van der Waals surface area contributed by atoms with Gasteiger partial charge >= 0.3 is 5.97 Å². The molecule has 30 heavy (non-hydrogen) atoms. The lowest BCUT2D eigenvalue weighted by Gasteiger charge is -2.43. The molecule has 1 unspecified atom stereocenters. The highest BCUT2D eigenvalue weighted by Crippen LogP contribution is 2.35. The van der Waals surface area contributed by atoms with Crippen LogP contribution in [0.15, 0.2) is 53.3 Å². The third kappa shape index (κ3) is 4.41. The Bertz CT molecular complexity index is 975. The van der Waals surface area contributed by atoms with Gasteiger partial charge in [0.25, 0.3) is 5.56 Å². The first-order valence-corrected chi connectivity index (χ1v) is 10.8. The smallest absolute Gasteiger partial charge is 0.306 e. The molecule has 1 aromatic carbocycles. The number of rotatable bonds is 5. The van der Waals surface area contributed by atoms with E-state index in [1.165, 1.54) is 7.11 Å². The Hall–Kier alpha value is -2.67. The molecule has 158 valence electrons. The number of carbonyl (C=O) groups is 1. The summed E-state index contributed by atoms with van der Waals surface area (Å²) in [5.74, 6) is 0.480. The molecule has 2 aromatic rings. The first-order valence-electron chi connectivity index (χ1n) is 10.4. The topological polar surface area (TPSA) is 63.6 Å². The lowest BCUT2D eigenvalue weighted by Crippen LogP contribution is -2.52. The molecule has 4 rings (SSSR count). The van der Waals surface area contributed by atoms with E-state index in [0.717, 1.165) is 37.3 Å². The highest BCUT2D eigenvalue weighted by molar-refractivity contribution is 7.80. The molecule has 2 aliphatic heterocycles. The molecular weight excluding hydrogens is 398 g/mol. The van der Waals surface area contributed by atoms with Crippen LogP contribution < -0.4 is 10.9 Å². The van der Waals surface area contributed by atoms with Crippen LogP contribution in [0.25, 0.3) is 0 Å². The predicted octanol–water partition coefficient (Wildman–Crippen LogP) is 2.49. The van der Waals surface area contributed by atoms with Crippen LogP contribution in [0.4, 0.5) is 0 Å². The third-order valence-corrected chi connectivity index (χ3v) is 6.58. The van der Waals surface area contributed by atoms with Crippen molar-refractivity contribution in [1.82, 2.24) is 14.8 Å². The number of methoxy groups -OCH3 is 1. The number of pyridine rings is 1. The summed E-state index contributed by atoms with van der Waals surface area (Å²) in [7, 11) is 1.41. The fourth-order valence-corrected chi connectivity index (χ4v) is 4.93. The fourth-order valence-electron chi connectivity index (χ4n) is 4.70. The molecule has 2 bridgehead atoms. The van der Waals surface area contributed by atoms with Gasteiger partial charge in [-0.2, -0.15) is 0 Å². The number of fused-ring (bicyclic) bond motifs is 4. The predicted molar refractivity (Wildman–Crippen MR) is 120 cm³/mol. The Balaban J connectivity index is 1.42. The maximum Gasteiger partial charge on any atom is 0.306 e. The average molecular weight is 426 g/mol. The molecule has 1 aromatic heterocycles. The van der Waals surface area contributed by atoms with Crippen molar-refractivity contribution in [2.24, 2.45) is 5.92 Å². The molecule has 2 aliphatic rings. The van der Waals surface area contributed by atoms with Gasteiger partial charge in [-0.1, -0.05) is 36.4 Å². The second-order valence-corrected chi connectivity index (χ2v) is 8.56. The zero-order valence-corrected chi connectivity index (χ0v) is 17.9. The summed E-state index contributed by atoms with van der Waals surface area (Å²) in [6.45, 7) is 2.97. The van der Waals surface area contributed by atoms with E-state index >= 15 is 0 Å². The van der Waals surface area contributed by atoms with Crippen LogP contribution in [-0.4, -0.2) is 47.3 Å². The van der Waals surface area contributed by atoms with Crippen molar-refractivity contribution in [2.75, 3.05) is 26.7 Å². The van der Waals surface area contributed by atoms with Gasteiger partial charge < -0.3 is 19.5 Å². The second-order valence-electron chi connectivity index (χ2n) is 8.18. The number of nitrogens with zero attached hydrogens (tertiary/aromatic N) is 2. The number of carbonyl (C=O) groups excluding carboxylic acids is 1. The molecule has 6 nitrogen and oxygen atoms in total. The van der Waals surface area contributed by atoms with E-state index in [-0.39, 0.29) is 17.4 Å². The first-order chi connectivity index (χ1) is 14.5. The van der Waals surface area contributed by atoms with Crippen molar-refractivity contribution in [3.05, 3.63) is 70.1 Å². The van der Waals surface area contributed by atoms with Crippen molar-refractivity contribution in [3.8, 4) is 0 Å². The van der Waals surface area contributed by atoms with Crippen LogP contribution in [0.5, 0.6) is 0 Å².